The average Bonchev–Trinajstić information content (AvgIpc) is 2.47. The first-order valence-corrected chi connectivity index (χ1v) is 8.00. The van der Waals surface area contributed by atoms with Gasteiger partial charge in [0.2, 0.25) is 0 Å². The van der Waals surface area contributed by atoms with Gasteiger partial charge in [-0.2, -0.15) is 0 Å². The van der Waals surface area contributed by atoms with Crippen LogP contribution in [0.15, 0.2) is 18.2 Å². The molecule has 3 nitrogen and oxygen atoms in total. The summed E-state index contributed by atoms with van der Waals surface area (Å²) in [6.45, 7) is 3.57. The van der Waals surface area contributed by atoms with Gasteiger partial charge in [-0.15, -0.1) is 0 Å². The number of hydrogen-bond acceptors (Lipinski definition) is 3. The minimum Gasteiger partial charge on any atom is -0.508 e. The third-order valence-electron chi connectivity index (χ3n) is 4.14. The van der Waals surface area contributed by atoms with Gasteiger partial charge >= 0.3 is 0 Å². The first-order valence-electron chi connectivity index (χ1n) is 8.00. The van der Waals surface area contributed by atoms with E-state index in [4.69, 9.17) is 4.74 Å². The molecule has 0 saturated heterocycles. The SMILES string of the molecule is CC(NCCCOC1CCCCC1)c1ccc(F)cc1O. The first-order chi connectivity index (χ1) is 10.2. The fraction of sp³-hybridized carbons (Fsp3) is 0.647. The van der Waals surface area contributed by atoms with Crippen molar-refractivity contribution in [2.75, 3.05) is 13.2 Å². The molecule has 1 aromatic rings. The van der Waals surface area contributed by atoms with Crippen molar-refractivity contribution >= 4 is 0 Å². The summed E-state index contributed by atoms with van der Waals surface area (Å²) in [6.07, 6.45) is 7.74. The zero-order valence-corrected chi connectivity index (χ0v) is 12.8. The van der Waals surface area contributed by atoms with Crippen LogP contribution < -0.4 is 5.32 Å². The fourth-order valence-electron chi connectivity index (χ4n) is 2.87. The van der Waals surface area contributed by atoms with E-state index in [1.165, 1.54) is 38.2 Å². The van der Waals surface area contributed by atoms with Gasteiger partial charge in [0, 0.05) is 24.3 Å². The summed E-state index contributed by atoms with van der Waals surface area (Å²) in [5.74, 6) is -0.405. The summed E-state index contributed by atoms with van der Waals surface area (Å²) in [5.41, 5.74) is 0.726. The topological polar surface area (TPSA) is 41.5 Å². The lowest BCUT2D eigenvalue weighted by atomic mass is 9.98. The van der Waals surface area contributed by atoms with E-state index in [0.717, 1.165) is 31.2 Å². The molecule has 0 amide bonds. The van der Waals surface area contributed by atoms with Crippen LogP contribution in [0.3, 0.4) is 0 Å². The summed E-state index contributed by atoms with van der Waals surface area (Å²) >= 11 is 0. The van der Waals surface area contributed by atoms with E-state index in [-0.39, 0.29) is 11.8 Å². The Kier molecular flexibility index (Phi) is 6.46. The van der Waals surface area contributed by atoms with E-state index < -0.39 is 5.82 Å². The Morgan fingerprint density at radius 1 is 1.33 bits per heavy atom. The molecule has 2 N–H and O–H groups in total. The predicted octanol–water partition coefficient (Wildman–Crippen LogP) is 3.92. The number of benzene rings is 1. The highest BCUT2D eigenvalue weighted by Gasteiger charge is 2.13. The van der Waals surface area contributed by atoms with E-state index in [9.17, 15) is 9.50 Å². The van der Waals surface area contributed by atoms with Crippen LogP contribution in [0, 0.1) is 5.82 Å². The molecular weight excluding hydrogens is 269 g/mol. The second-order valence-electron chi connectivity index (χ2n) is 5.86. The van der Waals surface area contributed by atoms with E-state index in [1.807, 2.05) is 6.92 Å². The first kappa shape index (κ1) is 16.2. The van der Waals surface area contributed by atoms with Gasteiger partial charge in [-0.25, -0.2) is 4.39 Å². The quantitative estimate of drug-likeness (QED) is 0.749. The molecule has 4 heteroatoms. The van der Waals surface area contributed by atoms with Crippen molar-refractivity contribution < 1.29 is 14.2 Å². The van der Waals surface area contributed by atoms with Crippen molar-refractivity contribution in [2.24, 2.45) is 0 Å². The maximum absolute atomic E-state index is 12.9. The van der Waals surface area contributed by atoms with E-state index in [1.54, 1.807) is 6.07 Å². The number of phenolic OH excluding ortho intramolecular Hbond substituents is 1. The highest BCUT2D eigenvalue weighted by Crippen LogP contribution is 2.24. The van der Waals surface area contributed by atoms with Gasteiger partial charge in [0.1, 0.15) is 11.6 Å². The normalized spacial score (nSPS) is 17.8. The van der Waals surface area contributed by atoms with Crippen molar-refractivity contribution in [3.05, 3.63) is 29.6 Å². The van der Waals surface area contributed by atoms with Crippen molar-refractivity contribution in [3.8, 4) is 5.75 Å². The van der Waals surface area contributed by atoms with E-state index in [2.05, 4.69) is 5.32 Å². The van der Waals surface area contributed by atoms with Crippen LogP contribution in [0.4, 0.5) is 4.39 Å². The van der Waals surface area contributed by atoms with Gasteiger partial charge < -0.3 is 15.2 Å². The Bertz CT molecular complexity index is 433. The Labute approximate surface area is 126 Å². The average molecular weight is 295 g/mol. The molecule has 0 aromatic heterocycles. The number of ether oxygens (including phenoxy) is 1. The molecule has 0 radical (unpaired) electrons. The molecule has 1 aliphatic rings. The summed E-state index contributed by atoms with van der Waals surface area (Å²) in [6, 6.07) is 4.15. The number of halogens is 1. The van der Waals surface area contributed by atoms with Gasteiger partial charge in [0.25, 0.3) is 0 Å². The van der Waals surface area contributed by atoms with Crippen molar-refractivity contribution in [3.63, 3.8) is 0 Å². The zero-order valence-electron chi connectivity index (χ0n) is 12.8. The standard InChI is InChI=1S/C17H26FNO2/c1-13(16-9-8-14(18)12-17(16)20)19-10-5-11-21-15-6-3-2-4-7-15/h8-9,12-13,15,19-20H,2-7,10-11H2,1H3. The smallest absolute Gasteiger partial charge is 0.126 e. The molecule has 1 aromatic carbocycles. The van der Waals surface area contributed by atoms with Crippen molar-refractivity contribution in [2.45, 2.75) is 57.6 Å². The molecular formula is C17H26FNO2. The van der Waals surface area contributed by atoms with Crippen molar-refractivity contribution in [1.82, 2.24) is 5.32 Å². The summed E-state index contributed by atoms with van der Waals surface area (Å²) in [4.78, 5) is 0. The molecule has 1 atom stereocenters. The monoisotopic (exact) mass is 295 g/mol. The lowest BCUT2D eigenvalue weighted by molar-refractivity contribution is 0.0271. The Hall–Kier alpha value is -1.13. The molecule has 0 heterocycles. The number of phenols is 1. The Morgan fingerprint density at radius 3 is 2.81 bits per heavy atom. The van der Waals surface area contributed by atoms with Crippen LogP contribution >= 0.6 is 0 Å². The van der Waals surface area contributed by atoms with Crippen LogP contribution in [0.5, 0.6) is 5.75 Å². The zero-order chi connectivity index (χ0) is 15.1. The van der Waals surface area contributed by atoms with Crippen LogP contribution in [-0.4, -0.2) is 24.4 Å². The maximum atomic E-state index is 12.9. The highest BCUT2D eigenvalue weighted by molar-refractivity contribution is 5.34. The second kappa shape index (κ2) is 8.35. The minimum atomic E-state index is -0.413. The lowest BCUT2D eigenvalue weighted by Gasteiger charge is -2.22. The van der Waals surface area contributed by atoms with Gasteiger partial charge in [-0.1, -0.05) is 25.3 Å². The molecule has 1 fully saturated rings. The van der Waals surface area contributed by atoms with Gasteiger partial charge in [-0.3, -0.25) is 0 Å². The number of hydrogen-bond donors (Lipinski definition) is 2. The second-order valence-corrected chi connectivity index (χ2v) is 5.86. The van der Waals surface area contributed by atoms with Gasteiger partial charge in [0.15, 0.2) is 0 Å². The number of nitrogens with one attached hydrogen (secondary N) is 1. The molecule has 1 unspecified atom stereocenters. The van der Waals surface area contributed by atoms with Crippen LogP contribution in [0.2, 0.25) is 0 Å². The molecule has 0 bridgehead atoms. The highest BCUT2D eigenvalue weighted by atomic mass is 19.1. The lowest BCUT2D eigenvalue weighted by Crippen LogP contribution is -2.23. The predicted molar refractivity (Wildman–Crippen MR) is 81.9 cm³/mol. The molecule has 0 spiro atoms. The third kappa shape index (κ3) is 5.29. The number of rotatable bonds is 7. The van der Waals surface area contributed by atoms with E-state index >= 15 is 0 Å². The molecule has 21 heavy (non-hydrogen) atoms. The van der Waals surface area contributed by atoms with Crippen molar-refractivity contribution in [1.29, 1.82) is 0 Å². The minimum absolute atomic E-state index is 0.000260. The Balaban J connectivity index is 1.63. The van der Waals surface area contributed by atoms with Gasteiger partial charge in [0.05, 0.1) is 6.10 Å². The molecule has 0 aliphatic heterocycles. The van der Waals surface area contributed by atoms with Gasteiger partial charge in [-0.05, 0) is 38.8 Å². The summed E-state index contributed by atoms with van der Waals surface area (Å²) in [7, 11) is 0. The molecule has 1 aliphatic carbocycles. The molecule has 1 saturated carbocycles. The summed E-state index contributed by atoms with van der Waals surface area (Å²) < 4.78 is 18.8. The fourth-order valence-corrected chi connectivity index (χ4v) is 2.87. The van der Waals surface area contributed by atoms with Crippen LogP contribution in [-0.2, 0) is 4.74 Å². The molecule has 118 valence electrons. The summed E-state index contributed by atoms with van der Waals surface area (Å²) in [5, 5.41) is 13.1. The third-order valence-corrected chi connectivity index (χ3v) is 4.14. The van der Waals surface area contributed by atoms with Crippen LogP contribution in [0.25, 0.3) is 0 Å². The molecule has 2 rings (SSSR count). The largest absolute Gasteiger partial charge is 0.508 e. The number of aromatic hydroxyl groups is 1. The van der Waals surface area contributed by atoms with Crippen LogP contribution in [0.1, 0.15) is 57.1 Å². The van der Waals surface area contributed by atoms with E-state index in [0.29, 0.717) is 6.10 Å². The Morgan fingerprint density at radius 2 is 2.10 bits per heavy atom. The maximum Gasteiger partial charge on any atom is 0.126 e.